The predicted octanol–water partition coefficient (Wildman–Crippen LogP) is 3.03. The van der Waals surface area contributed by atoms with Crippen molar-refractivity contribution in [1.82, 2.24) is 0 Å². The van der Waals surface area contributed by atoms with Crippen LogP contribution in [0.3, 0.4) is 0 Å². The van der Waals surface area contributed by atoms with Gasteiger partial charge in [0.25, 0.3) is 0 Å². The number of ether oxygens (including phenoxy) is 1. The van der Waals surface area contributed by atoms with Gasteiger partial charge in [0.2, 0.25) is 0 Å². The van der Waals surface area contributed by atoms with E-state index in [1.165, 1.54) is 6.92 Å². The van der Waals surface area contributed by atoms with Gasteiger partial charge in [-0.2, -0.15) is 0 Å². The molecule has 0 aromatic rings. The lowest BCUT2D eigenvalue weighted by Crippen LogP contribution is -2.65. The Bertz CT molecular complexity index is 901. The molecule has 5 nitrogen and oxygen atoms in total. The SMILES string of the molecule is CC(=O)[C@H]1C[C@H](O)[C@]2(C)[C@]1(C)C(=O)C=C1[C@@]3(C)CCC(=O)C(C)(C)[C@@H]3C[C@H]3O[C@@]132. The molecule has 1 N–H and O–H groups in total. The van der Waals surface area contributed by atoms with E-state index in [2.05, 4.69) is 6.92 Å². The second-order valence-corrected chi connectivity index (χ2v) is 11.4. The molecule has 1 saturated heterocycles. The molecule has 5 rings (SSSR count). The molecule has 0 bridgehead atoms. The number of carbonyl (C=O) groups is 3. The number of epoxide rings is 1. The molecule has 158 valence electrons. The van der Waals surface area contributed by atoms with Crippen LogP contribution in [0.5, 0.6) is 0 Å². The number of hydrogen-bond acceptors (Lipinski definition) is 5. The predicted molar refractivity (Wildman–Crippen MR) is 106 cm³/mol. The summed E-state index contributed by atoms with van der Waals surface area (Å²) in [5.74, 6) is -0.223. The van der Waals surface area contributed by atoms with Crippen LogP contribution in [0.2, 0.25) is 0 Å². The molecule has 4 aliphatic carbocycles. The number of hydrogen-bond donors (Lipinski definition) is 1. The van der Waals surface area contributed by atoms with E-state index in [0.29, 0.717) is 19.3 Å². The summed E-state index contributed by atoms with van der Waals surface area (Å²) in [6.07, 6.45) is 3.12. The molecule has 4 fully saturated rings. The number of allylic oxidation sites excluding steroid dienone is 1. The van der Waals surface area contributed by atoms with Crippen LogP contribution in [0.4, 0.5) is 0 Å². The molecular weight excluding hydrogens is 368 g/mol. The standard InChI is InChI=1S/C24H32O5/c1-12(25)13-9-18(28)23(6)22(13,5)17(27)10-15-21(4)8-7-16(26)20(2,3)14(21)11-19-24(15,23)29-19/h10,13-14,18-19,28H,7-9,11H2,1-6H3/t13-,14+,18+,19-,21+,22+,23-,24+/m1/s1. The van der Waals surface area contributed by atoms with Crippen molar-refractivity contribution >= 4 is 17.3 Å². The second kappa shape index (κ2) is 5.11. The van der Waals surface area contributed by atoms with Crippen LogP contribution < -0.4 is 0 Å². The average molecular weight is 401 g/mol. The lowest BCUT2D eigenvalue weighted by Gasteiger charge is -2.60. The Kier molecular flexibility index (Phi) is 3.45. The van der Waals surface area contributed by atoms with Crippen molar-refractivity contribution in [3.8, 4) is 0 Å². The maximum Gasteiger partial charge on any atom is 0.163 e. The Morgan fingerprint density at radius 2 is 1.79 bits per heavy atom. The molecule has 5 heteroatoms. The van der Waals surface area contributed by atoms with Crippen molar-refractivity contribution < 1.29 is 24.2 Å². The molecule has 3 saturated carbocycles. The minimum Gasteiger partial charge on any atom is -0.392 e. The first-order chi connectivity index (χ1) is 13.3. The van der Waals surface area contributed by atoms with Gasteiger partial charge in [-0.25, -0.2) is 0 Å². The van der Waals surface area contributed by atoms with Crippen molar-refractivity contribution in [2.75, 3.05) is 0 Å². The number of Topliss-reactive ketones (excluding diaryl/α,β-unsaturated/α-hetero) is 2. The summed E-state index contributed by atoms with van der Waals surface area (Å²) < 4.78 is 6.48. The van der Waals surface area contributed by atoms with Gasteiger partial charge in [-0.15, -0.1) is 0 Å². The molecule has 1 spiro atoms. The zero-order chi connectivity index (χ0) is 21.4. The van der Waals surface area contributed by atoms with E-state index < -0.39 is 33.9 Å². The first-order valence-electron chi connectivity index (χ1n) is 11.0. The topological polar surface area (TPSA) is 84.0 Å². The molecule has 0 amide bonds. The normalized spacial score (nSPS) is 54.7. The van der Waals surface area contributed by atoms with E-state index in [9.17, 15) is 19.5 Å². The van der Waals surface area contributed by atoms with Gasteiger partial charge in [0.1, 0.15) is 17.2 Å². The third-order valence-corrected chi connectivity index (χ3v) is 10.4. The van der Waals surface area contributed by atoms with Crippen molar-refractivity contribution in [2.45, 2.75) is 85.0 Å². The van der Waals surface area contributed by atoms with Crippen molar-refractivity contribution in [3.63, 3.8) is 0 Å². The Morgan fingerprint density at radius 1 is 1.14 bits per heavy atom. The van der Waals surface area contributed by atoms with Gasteiger partial charge in [-0.1, -0.05) is 34.6 Å². The van der Waals surface area contributed by atoms with Crippen molar-refractivity contribution in [3.05, 3.63) is 11.6 Å². The molecule has 0 aromatic carbocycles. The third-order valence-electron chi connectivity index (χ3n) is 10.4. The molecule has 1 heterocycles. The largest absolute Gasteiger partial charge is 0.392 e. The number of aliphatic hydroxyl groups is 1. The number of rotatable bonds is 1. The zero-order valence-electron chi connectivity index (χ0n) is 18.3. The molecule has 1 aliphatic heterocycles. The third kappa shape index (κ3) is 1.77. The Labute approximate surface area is 172 Å². The summed E-state index contributed by atoms with van der Waals surface area (Å²) in [5, 5.41) is 11.3. The van der Waals surface area contributed by atoms with Crippen LogP contribution in [0, 0.1) is 33.5 Å². The maximum absolute atomic E-state index is 13.7. The molecule has 8 atom stereocenters. The average Bonchev–Trinajstić information content (AvgIpc) is 3.32. The zero-order valence-corrected chi connectivity index (χ0v) is 18.3. The molecule has 0 unspecified atom stereocenters. The summed E-state index contributed by atoms with van der Waals surface area (Å²) in [6.45, 7) is 11.6. The minimum atomic E-state index is -0.973. The van der Waals surface area contributed by atoms with Crippen LogP contribution in [0.1, 0.15) is 67.2 Å². The quantitative estimate of drug-likeness (QED) is 0.684. The number of fused-ring (bicyclic) bond motifs is 3. The van der Waals surface area contributed by atoms with E-state index >= 15 is 0 Å². The van der Waals surface area contributed by atoms with E-state index in [4.69, 9.17) is 4.74 Å². The van der Waals surface area contributed by atoms with Gasteiger partial charge >= 0.3 is 0 Å². The fourth-order valence-corrected chi connectivity index (χ4v) is 8.34. The second-order valence-electron chi connectivity index (χ2n) is 11.4. The molecular formula is C24H32O5. The van der Waals surface area contributed by atoms with Crippen LogP contribution in [0.15, 0.2) is 11.6 Å². The first kappa shape index (κ1) is 19.6. The maximum atomic E-state index is 13.7. The molecule has 0 radical (unpaired) electrons. The number of aliphatic hydroxyl groups excluding tert-OH is 1. The summed E-state index contributed by atoms with van der Waals surface area (Å²) in [6, 6.07) is 0. The van der Waals surface area contributed by atoms with Gasteiger partial charge in [0.05, 0.1) is 17.6 Å². The lowest BCUT2D eigenvalue weighted by molar-refractivity contribution is -0.152. The van der Waals surface area contributed by atoms with Crippen molar-refractivity contribution in [2.24, 2.45) is 33.5 Å². The van der Waals surface area contributed by atoms with Gasteiger partial charge in [-0.05, 0) is 49.2 Å². The van der Waals surface area contributed by atoms with Crippen LogP contribution in [0.25, 0.3) is 0 Å². The van der Waals surface area contributed by atoms with Crippen molar-refractivity contribution in [1.29, 1.82) is 0 Å². The Hall–Kier alpha value is -1.33. The van der Waals surface area contributed by atoms with Gasteiger partial charge in [0, 0.05) is 23.2 Å². The van der Waals surface area contributed by atoms with Crippen LogP contribution in [-0.4, -0.2) is 40.3 Å². The Balaban J connectivity index is 1.74. The fourth-order valence-electron chi connectivity index (χ4n) is 8.34. The highest BCUT2D eigenvalue weighted by molar-refractivity contribution is 6.03. The minimum absolute atomic E-state index is 0.0432. The van der Waals surface area contributed by atoms with E-state index in [0.717, 1.165) is 12.0 Å². The fraction of sp³-hybridized carbons (Fsp3) is 0.792. The van der Waals surface area contributed by atoms with E-state index in [1.54, 1.807) is 6.08 Å². The summed E-state index contributed by atoms with van der Waals surface area (Å²) in [4.78, 5) is 38.8. The van der Waals surface area contributed by atoms with Gasteiger partial charge in [0.15, 0.2) is 5.78 Å². The van der Waals surface area contributed by atoms with E-state index in [1.807, 2.05) is 27.7 Å². The number of carbonyl (C=O) groups excluding carboxylic acids is 3. The highest BCUT2D eigenvalue weighted by Crippen LogP contribution is 2.79. The summed E-state index contributed by atoms with van der Waals surface area (Å²) >= 11 is 0. The van der Waals surface area contributed by atoms with Gasteiger partial charge < -0.3 is 9.84 Å². The Morgan fingerprint density at radius 3 is 2.41 bits per heavy atom. The monoisotopic (exact) mass is 400 g/mol. The first-order valence-corrected chi connectivity index (χ1v) is 11.0. The van der Waals surface area contributed by atoms with Crippen LogP contribution >= 0.6 is 0 Å². The van der Waals surface area contributed by atoms with E-state index in [-0.39, 0.29) is 34.8 Å². The molecule has 5 aliphatic rings. The lowest BCUT2D eigenvalue weighted by atomic mass is 9.40. The smallest absolute Gasteiger partial charge is 0.163 e. The molecule has 0 aromatic heterocycles. The summed E-state index contributed by atoms with van der Waals surface area (Å²) in [7, 11) is 0. The summed E-state index contributed by atoms with van der Waals surface area (Å²) in [5.41, 5.74) is -2.34. The van der Waals surface area contributed by atoms with Crippen LogP contribution in [-0.2, 0) is 19.1 Å². The van der Waals surface area contributed by atoms with Gasteiger partial charge in [-0.3, -0.25) is 14.4 Å². The molecule has 29 heavy (non-hydrogen) atoms. The highest BCUT2D eigenvalue weighted by Gasteiger charge is 2.85. The highest BCUT2D eigenvalue weighted by atomic mass is 16.6. The number of ketones is 3.